The zero-order chi connectivity index (χ0) is 7.11. The van der Waals surface area contributed by atoms with Gasteiger partial charge in [-0.2, -0.15) is 0 Å². The summed E-state index contributed by atoms with van der Waals surface area (Å²) in [6, 6.07) is 0. The molecule has 0 unspecified atom stereocenters. The first-order valence-electron chi connectivity index (χ1n) is 3.22. The third-order valence-electron chi connectivity index (χ3n) is 0.865. The van der Waals surface area contributed by atoms with E-state index in [9.17, 15) is 0 Å². The van der Waals surface area contributed by atoms with Crippen molar-refractivity contribution in [2.24, 2.45) is 0 Å². The molecule has 0 amide bonds. The van der Waals surface area contributed by atoms with Crippen LogP contribution in [0.25, 0.3) is 4.85 Å². The molecule has 0 saturated heterocycles. The van der Waals surface area contributed by atoms with E-state index in [0.717, 1.165) is 13.0 Å². The normalized spacial score (nSPS) is 9.56. The molecule has 0 aromatic carbocycles. The Labute approximate surface area is 56.6 Å². The lowest BCUT2D eigenvalue weighted by atomic mass is 10.4. The molecule has 0 spiro atoms. The van der Waals surface area contributed by atoms with Crippen LogP contribution in [0.1, 0.15) is 20.3 Å². The Morgan fingerprint density at radius 3 is 2.67 bits per heavy atom. The molecule has 0 rings (SSSR count). The zero-order valence-corrected chi connectivity index (χ0v) is 6.05. The molecular formula is C7H13NO. The molecule has 0 fully saturated rings. The fraction of sp³-hybridized carbons (Fsp3) is 0.857. The second-order valence-electron chi connectivity index (χ2n) is 2.15. The highest BCUT2D eigenvalue weighted by atomic mass is 16.5. The molecule has 0 aromatic heterocycles. The fourth-order valence-electron chi connectivity index (χ4n) is 0.463. The van der Waals surface area contributed by atoms with Crippen LogP contribution in [0.3, 0.4) is 0 Å². The average molecular weight is 127 g/mol. The second kappa shape index (κ2) is 5.58. The molecule has 0 heterocycles. The van der Waals surface area contributed by atoms with Gasteiger partial charge >= 0.3 is 0 Å². The molecule has 0 aliphatic heterocycles. The SMILES string of the molecule is [C-]#[N+]CCCOC(C)C. The number of hydrogen-bond donors (Lipinski definition) is 0. The largest absolute Gasteiger partial charge is 0.379 e. The molecule has 0 aliphatic rings. The molecule has 0 aliphatic carbocycles. The Balaban J connectivity index is 2.85. The second-order valence-corrected chi connectivity index (χ2v) is 2.15. The predicted molar refractivity (Wildman–Crippen MR) is 37.2 cm³/mol. The highest BCUT2D eigenvalue weighted by molar-refractivity contribution is 4.56. The summed E-state index contributed by atoms with van der Waals surface area (Å²) >= 11 is 0. The summed E-state index contributed by atoms with van der Waals surface area (Å²) < 4.78 is 5.20. The van der Waals surface area contributed by atoms with Crippen molar-refractivity contribution in [1.82, 2.24) is 0 Å². The van der Waals surface area contributed by atoms with Crippen molar-refractivity contribution in [3.63, 3.8) is 0 Å². The van der Waals surface area contributed by atoms with Gasteiger partial charge in [0.2, 0.25) is 6.54 Å². The Hall–Kier alpha value is -0.550. The van der Waals surface area contributed by atoms with Gasteiger partial charge in [0.25, 0.3) is 0 Å². The first kappa shape index (κ1) is 8.45. The van der Waals surface area contributed by atoms with Gasteiger partial charge in [-0.25, -0.2) is 6.57 Å². The summed E-state index contributed by atoms with van der Waals surface area (Å²) in [6.07, 6.45) is 1.16. The van der Waals surface area contributed by atoms with Gasteiger partial charge in [-0.3, -0.25) is 0 Å². The topological polar surface area (TPSA) is 13.6 Å². The van der Waals surface area contributed by atoms with Crippen molar-refractivity contribution < 1.29 is 4.74 Å². The van der Waals surface area contributed by atoms with Gasteiger partial charge in [0.1, 0.15) is 0 Å². The molecule has 2 nitrogen and oxygen atoms in total. The smallest absolute Gasteiger partial charge is 0.216 e. The van der Waals surface area contributed by atoms with Gasteiger partial charge < -0.3 is 9.58 Å². The van der Waals surface area contributed by atoms with E-state index in [1.54, 1.807) is 0 Å². The predicted octanol–water partition coefficient (Wildman–Crippen LogP) is 1.72. The van der Waals surface area contributed by atoms with Gasteiger partial charge in [0.05, 0.1) is 12.7 Å². The first-order chi connectivity index (χ1) is 4.27. The molecule has 0 N–H and O–H groups in total. The summed E-state index contributed by atoms with van der Waals surface area (Å²) in [5.41, 5.74) is 0. The van der Waals surface area contributed by atoms with Crippen molar-refractivity contribution in [3.05, 3.63) is 11.4 Å². The molecule has 0 bridgehead atoms. The van der Waals surface area contributed by atoms with Crippen molar-refractivity contribution in [1.29, 1.82) is 0 Å². The van der Waals surface area contributed by atoms with E-state index in [2.05, 4.69) is 4.85 Å². The van der Waals surface area contributed by atoms with Crippen molar-refractivity contribution >= 4 is 0 Å². The molecule has 0 atom stereocenters. The summed E-state index contributed by atoms with van der Waals surface area (Å²) in [5, 5.41) is 0. The minimum Gasteiger partial charge on any atom is -0.379 e. The lowest BCUT2D eigenvalue weighted by Crippen LogP contribution is -2.04. The van der Waals surface area contributed by atoms with Gasteiger partial charge in [-0.15, -0.1) is 0 Å². The molecule has 2 heteroatoms. The van der Waals surface area contributed by atoms with Crippen LogP contribution in [0.5, 0.6) is 0 Å². The van der Waals surface area contributed by atoms with Gasteiger partial charge in [0, 0.05) is 6.42 Å². The van der Waals surface area contributed by atoms with Crippen molar-refractivity contribution in [2.75, 3.05) is 13.2 Å². The van der Waals surface area contributed by atoms with E-state index in [-0.39, 0.29) is 0 Å². The summed E-state index contributed by atoms with van der Waals surface area (Å²) in [5.74, 6) is 0. The standard InChI is InChI=1S/C7H13NO/c1-7(2)9-6-4-5-8-3/h7H,4-6H2,1-2H3. The molecule has 0 radical (unpaired) electrons. The maximum Gasteiger partial charge on any atom is 0.216 e. The van der Waals surface area contributed by atoms with Crippen LogP contribution in [0.15, 0.2) is 0 Å². The molecule has 0 aromatic rings. The summed E-state index contributed by atoms with van der Waals surface area (Å²) in [7, 11) is 0. The van der Waals surface area contributed by atoms with E-state index in [4.69, 9.17) is 11.3 Å². The van der Waals surface area contributed by atoms with Crippen LogP contribution >= 0.6 is 0 Å². The fourth-order valence-corrected chi connectivity index (χ4v) is 0.463. The van der Waals surface area contributed by atoms with Crippen LogP contribution in [0, 0.1) is 6.57 Å². The van der Waals surface area contributed by atoms with Crippen LogP contribution in [-0.2, 0) is 4.74 Å². The van der Waals surface area contributed by atoms with E-state index < -0.39 is 0 Å². The van der Waals surface area contributed by atoms with Crippen LogP contribution < -0.4 is 0 Å². The minimum atomic E-state index is 0.302. The molecule has 9 heavy (non-hydrogen) atoms. The van der Waals surface area contributed by atoms with E-state index in [0.29, 0.717) is 12.6 Å². The number of nitrogens with zero attached hydrogens (tertiary/aromatic N) is 1. The third-order valence-corrected chi connectivity index (χ3v) is 0.865. The van der Waals surface area contributed by atoms with Gasteiger partial charge in [-0.05, 0) is 13.8 Å². The summed E-state index contributed by atoms with van der Waals surface area (Å²) in [4.78, 5) is 3.20. The highest BCUT2D eigenvalue weighted by Crippen LogP contribution is 1.89. The lowest BCUT2D eigenvalue weighted by Gasteiger charge is -2.03. The maximum absolute atomic E-state index is 6.46. The Morgan fingerprint density at radius 2 is 2.22 bits per heavy atom. The number of ether oxygens (including phenoxy) is 1. The lowest BCUT2D eigenvalue weighted by molar-refractivity contribution is 0.0791. The van der Waals surface area contributed by atoms with Crippen LogP contribution in [-0.4, -0.2) is 19.3 Å². The minimum absolute atomic E-state index is 0.302. The van der Waals surface area contributed by atoms with E-state index >= 15 is 0 Å². The Morgan fingerprint density at radius 1 is 1.56 bits per heavy atom. The third kappa shape index (κ3) is 7.45. The molecular weight excluding hydrogens is 114 g/mol. The quantitative estimate of drug-likeness (QED) is 0.414. The maximum atomic E-state index is 6.46. The Kier molecular flexibility index (Phi) is 5.24. The van der Waals surface area contributed by atoms with Crippen molar-refractivity contribution in [3.8, 4) is 0 Å². The van der Waals surface area contributed by atoms with E-state index in [1.807, 2.05) is 13.8 Å². The van der Waals surface area contributed by atoms with Gasteiger partial charge in [-0.1, -0.05) is 0 Å². The van der Waals surface area contributed by atoms with Gasteiger partial charge in [0.15, 0.2) is 0 Å². The average Bonchev–Trinajstić information content (AvgIpc) is 1.80. The highest BCUT2D eigenvalue weighted by Gasteiger charge is 1.92. The first-order valence-corrected chi connectivity index (χ1v) is 3.22. The van der Waals surface area contributed by atoms with Crippen LogP contribution in [0.4, 0.5) is 0 Å². The number of hydrogen-bond acceptors (Lipinski definition) is 1. The van der Waals surface area contributed by atoms with E-state index in [1.165, 1.54) is 0 Å². The Bertz CT molecular complexity index is 93.6. The number of rotatable bonds is 4. The van der Waals surface area contributed by atoms with Crippen LogP contribution in [0.2, 0.25) is 0 Å². The monoisotopic (exact) mass is 127 g/mol. The molecule has 52 valence electrons. The molecule has 0 saturated carbocycles. The van der Waals surface area contributed by atoms with Crippen molar-refractivity contribution in [2.45, 2.75) is 26.4 Å². The summed E-state index contributed by atoms with van der Waals surface area (Å²) in [6.45, 7) is 11.8. The zero-order valence-electron chi connectivity index (χ0n) is 6.05.